The quantitative estimate of drug-likeness (QED) is 0.181. The van der Waals surface area contributed by atoms with Gasteiger partial charge in [-0.3, -0.25) is 0 Å². The normalized spacial score (nSPS) is 15.0. The van der Waals surface area contributed by atoms with Crippen molar-refractivity contribution in [1.29, 1.82) is 0 Å². The lowest BCUT2D eigenvalue weighted by atomic mass is 9.65. The molecule has 3 heteroatoms. The molecule has 1 aromatic heterocycles. The van der Waals surface area contributed by atoms with Gasteiger partial charge >= 0.3 is 0 Å². The summed E-state index contributed by atoms with van der Waals surface area (Å²) in [5, 5.41) is 4.67. The van der Waals surface area contributed by atoms with Crippen molar-refractivity contribution in [3.05, 3.63) is 222 Å². The maximum Gasteiger partial charge on any atom is 0.143 e. The van der Waals surface area contributed by atoms with E-state index in [2.05, 4.69) is 193 Å². The molecular weight excluding hydrogens is 683 g/mol. The maximum absolute atomic E-state index is 6.75. The molecule has 0 saturated heterocycles. The first kappa shape index (κ1) is 31.0. The fourth-order valence-electron chi connectivity index (χ4n) is 9.60. The van der Waals surface area contributed by atoms with Gasteiger partial charge in [0.2, 0.25) is 0 Å². The number of benzene rings is 9. The Balaban J connectivity index is 1.05. The van der Waals surface area contributed by atoms with E-state index >= 15 is 0 Å². The molecule has 1 spiro atoms. The van der Waals surface area contributed by atoms with E-state index in [1.807, 2.05) is 12.1 Å². The van der Waals surface area contributed by atoms with Gasteiger partial charge in [0.05, 0.1) is 5.41 Å². The van der Waals surface area contributed by atoms with E-state index < -0.39 is 5.41 Å². The zero-order valence-electron chi connectivity index (χ0n) is 30.3. The summed E-state index contributed by atoms with van der Waals surface area (Å²) in [4.78, 5) is 2.36. The first-order chi connectivity index (χ1) is 27.8. The lowest BCUT2D eigenvalue weighted by Gasteiger charge is -2.40. The average molecular weight is 716 g/mol. The van der Waals surface area contributed by atoms with E-state index in [1.165, 1.54) is 38.6 Å². The molecule has 1 unspecified atom stereocenters. The van der Waals surface area contributed by atoms with Crippen LogP contribution in [0, 0.1) is 0 Å². The van der Waals surface area contributed by atoms with Crippen LogP contribution in [0.15, 0.2) is 205 Å². The van der Waals surface area contributed by atoms with Crippen LogP contribution in [0.25, 0.3) is 55.0 Å². The molecule has 9 aromatic carbocycles. The molecule has 1 aliphatic heterocycles. The SMILES string of the molecule is c1ccc(N(c2ccc(-c3cccc4c3oc3ccccc34)cc2)c2ccc3c(c2)-c2ccccc2C32c3ccccc3Oc3ccc4ccccc4c32)cc1. The molecule has 0 N–H and O–H groups in total. The zero-order valence-corrected chi connectivity index (χ0v) is 30.3. The molecule has 0 amide bonds. The molecule has 2 aliphatic rings. The predicted molar refractivity (Wildman–Crippen MR) is 229 cm³/mol. The monoisotopic (exact) mass is 715 g/mol. The molecular formula is C53H33NO2. The molecule has 0 radical (unpaired) electrons. The summed E-state index contributed by atoms with van der Waals surface area (Å²) in [5.74, 6) is 1.80. The van der Waals surface area contributed by atoms with Gasteiger partial charge in [-0.05, 0) is 93.2 Å². The van der Waals surface area contributed by atoms with Crippen molar-refractivity contribution in [2.45, 2.75) is 5.41 Å². The number of hydrogen-bond donors (Lipinski definition) is 0. The van der Waals surface area contributed by atoms with Crippen LogP contribution in [0.4, 0.5) is 17.1 Å². The van der Waals surface area contributed by atoms with Crippen molar-refractivity contribution in [3.63, 3.8) is 0 Å². The summed E-state index contributed by atoms with van der Waals surface area (Å²) in [7, 11) is 0. The minimum absolute atomic E-state index is 0.563. The fraction of sp³-hybridized carbons (Fsp3) is 0.0189. The number of rotatable bonds is 4. The highest BCUT2D eigenvalue weighted by Crippen LogP contribution is 2.63. The summed E-state index contributed by atoms with van der Waals surface area (Å²) in [5.41, 5.74) is 14.1. The van der Waals surface area contributed by atoms with Gasteiger partial charge in [-0.25, -0.2) is 0 Å². The van der Waals surface area contributed by atoms with E-state index in [1.54, 1.807) is 0 Å². The van der Waals surface area contributed by atoms with Crippen LogP contribution >= 0.6 is 0 Å². The van der Waals surface area contributed by atoms with Crippen molar-refractivity contribution in [2.24, 2.45) is 0 Å². The third-order valence-electron chi connectivity index (χ3n) is 11.9. The van der Waals surface area contributed by atoms with Crippen LogP contribution in [0.3, 0.4) is 0 Å². The Morgan fingerprint density at radius 2 is 1.05 bits per heavy atom. The number of hydrogen-bond acceptors (Lipinski definition) is 3. The van der Waals surface area contributed by atoms with Gasteiger partial charge in [-0.2, -0.15) is 0 Å². The van der Waals surface area contributed by atoms with Crippen LogP contribution in [-0.4, -0.2) is 0 Å². The molecule has 1 aliphatic carbocycles. The second-order valence-corrected chi connectivity index (χ2v) is 14.8. The highest BCUT2D eigenvalue weighted by molar-refractivity contribution is 6.09. The van der Waals surface area contributed by atoms with Crippen molar-refractivity contribution in [2.75, 3.05) is 4.90 Å². The van der Waals surface area contributed by atoms with Gasteiger partial charge in [0, 0.05) is 44.5 Å². The number of fused-ring (bicyclic) bond motifs is 14. The van der Waals surface area contributed by atoms with Gasteiger partial charge in [0.15, 0.2) is 0 Å². The van der Waals surface area contributed by atoms with Gasteiger partial charge in [-0.15, -0.1) is 0 Å². The summed E-state index contributed by atoms with van der Waals surface area (Å²) in [6.45, 7) is 0. The Kier molecular flexibility index (Phi) is 6.55. The first-order valence-electron chi connectivity index (χ1n) is 19.2. The first-order valence-corrected chi connectivity index (χ1v) is 19.2. The molecule has 0 bridgehead atoms. The Bertz CT molecular complexity index is 3180. The third-order valence-corrected chi connectivity index (χ3v) is 11.9. The molecule has 1 atom stereocenters. The van der Waals surface area contributed by atoms with Crippen LogP contribution in [0.5, 0.6) is 11.5 Å². The van der Waals surface area contributed by atoms with E-state index in [0.29, 0.717) is 0 Å². The smallest absolute Gasteiger partial charge is 0.143 e. The summed E-state index contributed by atoms with van der Waals surface area (Å²) in [6, 6.07) is 71.8. The van der Waals surface area contributed by atoms with Crippen molar-refractivity contribution < 1.29 is 9.15 Å². The standard InChI is InChI=1S/C53H33NO2/c1-2-14-36(15-3-1)54(37-28-25-35(26-29-37)40-19-12-20-43-42-18-7-10-23-48(42)56-52(40)43)38-30-31-46-44(33-38)41-17-6-8-21-45(41)53(46)47-22-9-11-24-49(47)55-50-32-27-34-13-4-5-16-39(34)51(50)53/h1-33H. The van der Waals surface area contributed by atoms with Crippen LogP contribution < -0.4 is 9.64 Å². The second kappa shape index (κ2) is 11.8. The Morgan fingerprint density at radius 3 is 1.95 bits per heavy atom. The predicted octanol–water partition coefficient (Wildman–Crippen LogP) is 14.3. The zero-order chi connectivity index (χ0) is 36.8. The van der Waals surface area contributed by atoms with E-state index in [0.717, 1.165) is 67.2 Å². The van der Waals surface area contributed by atoms with Gasteiger partial charge in [0.1, 0.15) is 22.7 Å². The van der Waals surface area contributed by atoms with Crippen LogP contribution in [-0.2, 0) is 5.41 Å². The molecule has 3 nitrogen and oxygen atoms in total. The van der Waals surface area contributed by atoms with Gasteiger partial charge < -0.3 is 14.1 Å². The number of nitrogens with zero attached hydrogens (tertiary/aromatic N) is 1. The lowest BCUT2D eigenvalue weighted by Crippen LogP contribution is -2.32. The van der Waals surface area contributed by atoms with Crippen molar-refractivity contribution in [1.82, 2.24) is 0 Å². The molecule has 10 aromatic rings. The Morgan fingerprint density at radius 1 is 0.393 bits per heavy atom. The fourth-order valence-corrected chi connectivity index (χ4v) is 9.60. The minimum atomic E-state index is -0.563. The van der Waals surface area contributed by atoms with Crippen LogP contribution in [0.2, 0.25) is 0 Å². The largest absolute Gasteiger partial charge is 0.457 e. The molecule has 0 saturated carbocycles. The topological polar surface area (TPSA) is 25.6 Å². The molecule has 2 heterocycles. The van der Waals surface area contributed by atoms with Gasteiger partial charge in [0.25, 0.3) is 0 Å². The molecule has 0 fully saturated rings. The number of ether oxygens (including phenoxy) is 1. The summed E-state index contributed by atoms with van der Waals surface area (Å²) in [6.07, 6.45) is 0. The van der Waals surface area contributed by atoms with Crippen molar-refractivity contribution in [3.8, 4) is 33.8 Å². The van der Waals surface area contributed by atoms with Crippen LogP contribution in [0.1, 0.15) is 22.3 Å². The molecule has 12 rings (SSSR count). The average Bonchev–Trinajstić information content (AvgIpc) is 3.78. The number of furan rings is 1. The Labute approximate surface area is 324 Å². The highest BCUT2D eigenvalue weighted by Gasteiger charge is 2.52. The minimum Gasteiger partial charge on any atom is -0.457 e. The highest BCUT2D eigenvalue weighted by atomic mass is 16.5. The summed E-state index contributed by atoms with van der Waals surface area (Å²) < 4.78 is 13.2. The molecule has 56 heavy (non-hydrogen) atoms. The number of anilines is 3. The second-order valence-electron chi connectivity index (χ2n) is 14.8. The third kappa shape index (κ3) is 4.28. The maximum atomic E-state index is 6.75. The molecule has 262 valence electrons. The Hall–Kier alpha value is -7.36. The number of para-hydroxylation sites is 4. The van der Waals surface area contributed by atoms with E-state index in [-0.39, 0.29) is 0 Å². The lowest BCUT2D eigenvalue weighted by molar-refractivity contribution is 0.438. The van der Waals surface area contributed by atoms with Crippen molar-refractivity contribution >= 4 is 49.8 Å². The van der Waals surface area contributed by atoms with Gasteiger partial charge in [-0.1, -0.05) is 146 Å². The summed E-state index contributed by atoms with van der Waals surface area (Å²) >= 11 is 0. The van der Waals surface area contributed by atoms with E-state index in [9.17, 15) is 0 Å². The van der Waals surface area contributed by atoms with E-state index in [4.69, 9.17) is 9.15 Å².